The van der Waals surface area contributed by atoms with E-state index in [9.17, 15) is 22.4 Å². The minimum absolute atomic E-state index is 0.00170. The second-order valence-corrected chi connectivity index (χ2v) is 7.49. The monoisotopic (exact) mass is 435 g/mol. The van der Waals surface area contributed by atoms with Crippen LogP contribution in [-0.4, -0.2) is 24.9 Å². The second kappa shape index (κ2) is 7.84. The Balaban J connectivity index is 1.80. The highest BCUT2D eigenvalue weighted by Crippen LogP contribution is 2.25. The first kappa shape index (κ1) is 21.1. The number of aryl methyl sites for hydroxylation is 2. The molecule has 0 saturated heterocycles. The Kier molecular flexibility index (Phi) is 5.34. The molecule has 2 aromatic carbocycles. The third-order valence-electron chi connectivity index (χ3n) is 5.38. The topological polar surface area (TPSA) is 70.8 Å². The van der Waals surface area contributed by atoms with Gasteiger partial charge in [-0.3, -0.25) is 9.13 Å². The summed E-state index contributed by atoms with van der Waals surface area (Å²) in [6.07, 6.45) is -5.31. The average Bonchev–Trinajstić information content (AvgIpc) is 3.16. The average molecular weight is 435 g/mol. The molecule has 164 valence electrons. The molecule has 31 heavy (non-hydrogen) atoms. The van der Waals surface area contributed by atoms with Crippen LogP contribution in [0.5, 0.6) is 0 Å². The Morgan fingerprint density at radius 2 is 1.77 bits per heavy atom. The van der Waals surface area contributed by atoms with E-state index in [0.717, 1.165) is 5.56 Å². The normalized spacial score (nSPS) is 12.3. The number of hydrogen-bond acceptors (Lipinski definition) is 3. The van der Waals surface area contributed by atoms with Crippen molar-refractivity contribution in [2.24, 2.45) is 12.8 Å². The predicted molar refractivity (Wildman–Crippen MR) is 109 cm³/mol. The molecule has 0 spiro atoms. The van der Waals surface area contributed by atoms with Crippen LogP contribution >= 0.6 is 0 Å². The van der Waals surface area contributed by atoms with Gasteiger partial charge in [-0.1, -0.05) is 6.07 Å². The summed E-state index contributed by atoms with van der Waals surface area (Å²) in [5, 5.41) is 0. The van der Waals surface area contributed by atoms with Crippen molar-refractivity contribution in [3.63, 3.8) is 0 Å². The minimum Gasteiger partial charge on any atom is -0.326 e. The number of alkyl halides is 3. The summed E-state index contributed by atoms with van der Waals surface area (Å²) < 4.78 is 56.4. The summed E-state index contributed by atoms with van der Waals surface area (Å²) in [5.41, 5.74) is 8.36. The number of halogens is 4. The Morgan fingerprint density at radius 3 is 2.48 bits per heavy atom. The van der Waals surface area contributed by atoms with E-state index in [-0.39, 0.29) is 25.2 Å². The van der Waals surface area contributed by atoms with E-state index in [4.69, 9.17) is 5.73 Å². The zero-order chi connectivity index (χ0) is 22.3. The largest absolute Gasteiger partial charge is 0.389 e. The standard InChI is InChI=1S/C21H21F4N5O/c1-28-17-6-4-14(22)10-18(17)30(20(28)31)12-19-27-15-9-13(11-26)3-5-16(15)29(19)8-2-7-21(23,24)25/h3-6,9-10H,2,7-8,11-12,26H2,1H3. The molecule has 10 heteroatoms. The van der Waals surface area contributed by atoms with Crippen LogP contribution in [-0.2, 0) is 26.7 Å². The zero-order valence-corrected chi connectivity index (χ0v) is 16.8. The molecule has 0 radical (unpaired) electrons. The molecule has 2 heterocycles. The van der Waals surface area contributed by atoms with Gasteiger partial charge in [0.15, 0.2) is 0 Å². The molecule has 0 atom stereocenters. The van der Waals surface area contributed by atoms with Crippen LogP contribution in [0.15, 0.2) is 41.2 Å². The molecule has 0 aliphatic heterocycles. The van der Waals surface area contributed by atoms with Crippen LogP contribution in [0, 0.1) is 5.82 Å². The maximum Gasteiger partial charge on any atom is 0.389 e. The highest BCUT2D eigenvalue weighted by Gasteiger charge is 2.26. The predicted octanol–water partition coefficient (Wildman–Crippen LogP) is 3.68. The van der Waals surface area contributed by atoms with Gasteiger partial charge >= 0.3 is 11.9 Å². The number of fused-ring (bicyclic) bond motifs is 2. The van der Waals surface area contributed by atoms with Crippen molar-refractivity contribution < 1.29 is 17.6 Å². The van der Waals surface area contributed by atoms with Gasteiger partial charge in [0.1, 0.15) is 11.6 Å². The van der Waals surface area contributed by atoms with Crippen molar-refractivity contribution in [3.05, 3.63) is 64.1 Å². The SMILES string of the molecule is Cn1c(=O)n(Cc2nc3cc(CN)ccc3n2CCCC(F)(F)F)c2cc(F)ccc21. The quantitative estimate of drug-likeness (QED) is 0.470. The van der Waals surface area contributed by atoms with Gasteiger partial charge in [-0.25, -0.2) is 14.2 Å². The van der Waals surface area contributed by atoms with Crippen LogP contribution in [0.2, 0.25) is 0 Å². The second-order valence-electron chi connectivity index (χ2n) is 7.49. The van der Waals surface area contributed by atoms with E-state index >= 15 is 0 Å². The van der Waals surface area contributed by atoms with Crippen LogP contribution < -0.4 is 11.4 Å². The third-order valence-corrected chi connectivity index (χ3v) is 5.38. The van der Waals surface area contributed by atoms with E-state index in [2.05, 4.69) is 4.98 Å². The van der Waals surface area contributed by atoms with Gasteiger partial charge in [-0.2, -0.15) is 13.2 Å². The number of nitrogens with two attached hydrogens (primary N) is 1. The molecule has 2 aromatic heterocycles. The number of benzene rings is 2. The lowest BCUT2D eigenvalue weighted by molar-refractivity contribution is -0.135. The fourth-order valence-corrected chi connectivity index (χ4v) is 3.84. The van der Waals surface area contributed by atoms with Gasteiger partial charge in [0.2, 0.25) is 0 Å². The molecule has 0 aliphatic carbocycles. The Hall–Kier alpha value is -3.14. The lowest BCUT2D eigenvalue weighted by Gasteiger charge is -2.11. The van der Waals surface area contributed by atoms with Gasteiger partial charge in [0, 0.05) is 26.6 Å². The van der Waals surface area contributed by atoms with E-state index in [0.29, 0.717) is 34.4 Å². The third kappa shape index (κ3) is 4.07. The molecule has 2 N–H and O–H groups in total. The number of nitrogens with zero attached hydrogens (tertiary/aromatic N) is 4. The van der Waals surface area contributed by atoms with Crippen LogP contribution in [0.4, 0.5) is 17.6 Å². The fraction of sp³-hybridized carbons (Fsp3) is 0.333. The summed E-state index contributed by atoms with van der Waals surface area (Å²) in [6.45, 7) is 0.383. The first-order chi connectivity index (χ1) is 14.7. The Morgan fingerprint density at radius 1 is 1.03 bits per heavy atom. The van der Waals surface area contributed by atoms with Gasteiger partial charge < -0.3 is 10.3 Å². The molecule has 6 nitrogen and oxygen atoms in total. The molecule has 0 amide bonds. The van der Waals surface area contributed by atoms with E-state index in [1.54, 1.807) is 29.8 Å². The Bertz CT molecular complexity index is 1320. The molecular formula is C21H21F4N5O. The first-order valence-corrected chi connectivity index (χ1v) is 9.77. The summed E-state index contributed by atoms with van der Waals surface area (Å²) in [6, 6.07) is 9.40. The molecule has 0 bridgehead atoms. The van der Waals surface area contributed by atoms with E-state index in [1.165, 1.54) is 27.3 Å². The lowest BCUT2D eigenvalue weighted by Crippen LogP contribution is -2.24. The summed E-state index contributed by atoms with van der Waals surface area (Å²) in [7, 11) is 1.58. The highest BCUT2D eigenvalue weighted by molar-refractivity contribution is 5.78. The van der Waals surface area contributed by atoms with Crippen molar-refractivity contribution in [2.45, 2.75) is 38.7 Å². The van der Waals surface area contributed by atoms with Crippen molar-refractivity contribution in [1.29, 1.82) is 0 Å². The molecule has 0 fully saturated rings. The first-order valence-electron chi connectivity index (χ1n) is 9.77. The Labute approximate surface area is 174 Å². The number of imidazole rings is 2. The highest BCUT2D eigenvalue weighted by atomic mass is 19.4. The lowest BCUT2D eigenvalue weighted by atomic mass is 10.2. The minimum atomic E-state index is -4.26. The van der Waals surface area contributed by atoms with Gasteiger partial charge in [0.05, 0.1) is 28.6 Å². The molecule has 0 aliphatic rings. The smallest absolute Gasteiger partial charge is 0.326 e. The van der Waals surface area contributed by atoms with Crippen molar-refractivity contribution >= 4 is 22.1 Å². The summed E-state index contributed by atoms with van der Waals surface area (Å²) in [5.74, 6) is -0.0664. The molecule has 4 aromatic rings. The summed E-state index contributed by atoms with van der Waals surface area (Å²) >= 11 is 0. The molecule has 0 saturated carbocycles. The van der Waals surface area contributed by atoms with Gasteiger partial charge in [-0.15, -0.1) is 0 Å². The maximum atomic E-state index is 13.8. The summed E-state index contributed by atoms with van der Waals surface area (Å²) in [4.78, 5) is 17.4. The van der Waals surface area contributed by atoms with Gasteiger partial charge in [0.25, 0.3) is 0 Å². The van der Waals surface area contributed by atoms with Gasteiger partial charge in [-0.05, 0) is 42.3 Å². The number of aromatic nitrogens is 4. The number of hydrogen-bond donors (Lipinski definition) is 1. The maximum absolute atomic E-state index is 13.8. The zero-order valence-electron chi connectivity index (χ0n) is 16.8. The van der Waals surface area contributed by atoms with Crippen LogP contribution in [0.3, 0.4) is 0 Å². The molecule has 0 unspecified atom stereocenters. The van der Waals surface area contributed by atoms with Crippen LogP contribution in [0.1, 0.15) is 24.2 Å². The van der Waals surface area contributed by atoms with E-state index < -0.39 is 18.4 Å². The fourth-order valence-electron chi connectivity index (χ4n) is 3.84. The molecular weight excluding hydrogens is 414 g/mol. The van der Waals surface area contributed by atoms with E-state index in [1.807, 2.05) is 0 Å². The molecule has 4 rings (SSSR count). The van der Waals surface area contributed by atoms with Crippen molar-refractivity contribution in [2.75, 3.05) is 0 Å². The van der Waals surface area contributed by atoms with Crippen molar-refractivity contribution in [1.82, 2.24) is 18.7 Å². The number of rotatable bonds is 6. The van der Waals surface area contributed by atoms with Crippen molar-refractivity contribution in [3.8, 4) is 0 Å². The van der Waals surface area contributed by atoms with Crippen LogP contribution in [0.25, 0.3) is 22.1 Å².